The second-order valence-electron chi connectivity index (χ2n) is 4.98. The first-order valence-electron chi connectivity index (χ1n) is 7.45. The van der Waals surface area contributed by atoms with Gasteiger partial charge in [0.15, 0.2) is 5.69 Å². The van der Waals surface area contributed by atoms with Crippen molar-refractivity contribution in [2.75, 3.05) is 6.61 Å². The van der Waals surface area contributed by atoms with Gasteiger partial charge >= 0.3 is 0 Å². The lowest BCUT2D eigenvalue weighted by Crippen LogP contribution is -2.09. The van der Waals surface area contributed by atoms with E-state index in [0.717, 1.165) is 37.1 Å². The van der Waals surface area contributed by atoms with Crippen molar-refractivity contribution in [2.45, 2.75) is 39.2 Å². The molecule has 0 bridgehead atoms. The number of nitriles is 1. The molecule has 0 aliphatic carbocycles. The van der Waals surface area contributed by atoms with Crippen molar-refractivity contribution in [3.05, 3.63) is 40.7 Å². The Hall–Kier alpha value is -2.06. The molecule has 5 nitrogen and oxygen atoms in total. The Bertz CT molecular complexity index is 631. The lowest BCUT2D eigenvalue weighted by atomic mass is 10.1. The van der Waals surface area contributed by atoms with Crippen molar-refractivity contribution >= 4 is 11.6 Å². The van der Waals surface area contributed by atoms with Crippen molar-refractivity contribution in [1.29, 1.82) is 5.26 Å². The van der Waals surface area contributed by atoms with E-state index in [1.807, 2.05) is 16.8 Å². The van der Waals surface area contributed by atoms with Crippen molar-refractivity contribution in [2.24, 2.45) is 0 Å². The highest BCUT2D eigenvalue weighted by atomic mass is 35.5. The Morgan fingerprint density at radius 3 is 2.73 bits per heavy atom. The van der Waals surface area contributed by atoms with Gasteiger partial charge in [-0.2, -0.15) is 5.26 Å². The SMILES string of the molecule is CCCCc1c(C#N)nnn1CCCOc1ccc(Cl)cc1. The second kappa shape index (κ2) is 8.40. The number of nitrogens with zero attached hydrogens (tertiary/aromatic N) is 4. The Morgan fingerprint density at radius 2 is 2.05 bits per heavy atom. The summed E-state index contributed by atoms with van der Waals surface area (Å²) < 4.78 is 7.47. The quantitative estimate of drug-likeness (QED) is 0.697. The van der Waals surface area contributed by atoms with E-state index in [2.05, 4.69) is 23.3 Å². The molecular formula is C16H19ClN4O. The number of halogens is 1. The molecule has 116 valence electrons. The summed E-state index contributed by atoms with van der Waals surface area (Å²) in [6.07, 6.45) is 3.75. The number of aromatic nitrogens is 3. The molecule has 0 fully saturated rings. The number of rotatable bonds is 8. The third kappa shape index (κ3) is 4.47. The lowest BCUT2D eigenvalue weighted by Gasteiger charge is -2.08. The molecule has 2 rings (SSSR count). The van der Waals surface area contributed by atoms with Crippen LogP contribution in [0.4, 0.5) is 0 Å². The summed E-state index contributed by atoms with van der Waals surface area (Å²) >= 11 is 5.83. The van der Waals surface area contributed by atoms with Gasteiger partial charge in [-0.25, -0.2) is 4.68 Å². The van der Waals surface area contributed by atoms with Gasteiger partial charge in [-0.15, -0.1) is 5.10 Å². The highest BCUT2D eigenvalue weighted by Gasteiger charge is 2.11. The van der Waals surface area contributed by atoms with Gasteiger partial charge in [0.05, 0.1) is 12.3 Å². The summed E-state index contributed by atoms with van der Waals surface area (Å²) in [5, 5.41) is 17.8. The molecular weight excluding hydrogens is 300 g/mol. The fourth-order valence-electron chi connectivity index (χ4n) is 2.13. The monoisotopic (exact) mass is 318 g/mol. The number of hydrogen-bond acceptors (Lipinski definition) is 4. The first-order valence-corrected chi connectivity index (χ1v) is 7.83. The summed E-state index contributed by atoms with van der Waals surface area (Å²) in [5.41, 5.74) is 1.36. The van der Waals surface area contributed by atoms with E-state index in [1.54, 1.807) is 12.1 Å². The van der Waals surface area contributed by atoms with E-state index in [4.69, 9.17) is 21.6 Å². The average molecular weight is 319 g/mol. The highest BCUT2D eigenvalue weighted by molar-refractivity contribution is 6.30. The molecule has 22 heavy (non-hydrogen) atoms. The van der Waals surface area contributed by atoms with Crippen LogP contribution in [0.5, 0.6) is 5.75 Å². The van der Waals surface area contributed by atoms with Crippen LogP contribution >= 0.6 is 11.6 Å². The molecule has 0 saturated carbocycles. The van der Waals surface area contributed by atoms with Crippen molar-refractivity contribution in [1.82, 2.24) is 15.0 Å². The molecule has 0 aliphatic heterocycles. The zero-order valence-corrected chi connectivity index (χ0v) is 13.4. The van der Waals surface area contributed by atoms with Crippen LogP contribution in [0.2, 0.25) is 5.02 Å². The number of unbranched alkanes of at least 4 members (excludes halogenated alkanes) is 1. The van der Waals surface area contributed by atoms with Crippen molar-refractivity contribution < 1.29 is 4.74 Å². The van der Waals surface area contributed by atoms with Gasteiger partial charge in [0, 0.05) is 18.0 Å². The van der Waals surface area contributed by atoms with Crippen LogP contribution in [0.15, 0.2) is 24.3 Å². The standard InChI is InChI=1S/C16H19ClN4O/c1-2-3-5-16-15(12-18)19-20-21(16)10-4-11-22-14-8-6-13(17)7-9-14/h6-9H,2-5,10-11H2,1H3. The third-order valence-corrected chi connectivity index (χ3v) is 3.56. The Kier molecular flexibility index (Phi) is 6.23. The molecule has 0 aliphatic rings. The van der Waals surface area contributed by atoms with Crippen LogP contribution in [0.25, 0.3) is 0 Å². The second-order valence-corrected chi connectivity index (χ2v) is 5.42. The number of ether oxygens (including phenoxy) is 1. The lowest BCUT2D eigenvalue weighted by molar-refractivity contribution is 0.297. The molecule has 0 spiro atoms. The van der Waals surface area contributed by atoms with E-state index >= 15 is 0 Å². The zero-order valence-electron chi connectivity index (χ0n) is 12.6. The van der Waals surface area contributed by atoms with Crippen LogP contribution < -0.4 is 4.74 Å². The van der Waals surface area contributed by atoms with Crippen LogP contribution in [0.1, 0.15) is 37.6 Å². The van der Waals surface area contributed by atoms with Gasteiger partial charge in [0.25, 0.3) is 0 Å². The van der Waals surface area contributed by atoms with E-state index in [-0.39, 0.29) is 0 Å². The van der Waals surface area contributed by atoms with Crippen LogP contribution in [0, 0.1) is 11.3 Å². The van der Waals surface area contributed by atoms with Gasteiger partial charge in [0.1, 0.15) is 11.8 Å². The average Bonchev–Trinajstić information content (AvgIpc) is 2.93. The minimum atomic E-state index is 0.437. The number of aryl methyl sites for hydroxylation is 1. The van der Waals surface area contributed by atoms with E-state index < -0.39 is 0 Å². The first kappa shape index (κ1) is 16.3. The molecule has 6 heteroatoms. The van der Waals surface area contributed by atoms with Gasteiger partial charge in [-0.05, 0) is 37.1 Å². The fourth-order valence-corrected chi connectivity index (χ4v) is 2.25. The molecule has 1 aromatic heterocycles. The van der Waals surface area contributed by atoms with Gasteiger partial charge < -0.3 is 4.74 Å². The topological polar surface area (TPSA) is 63.7 Å². The maximum atomic E-state index is 9.07. The smallest absolute Gasteiger partial charge is 0.185 e. The van der Waals surface area contributed by atoms with Crippen LogP contribution in [0.3, 0.4) is 0 Å². The molecule has 0 N–H and O–H groups in total. The van der Waals surface area contributed by atoms with Crippen molar-refractivity contribution in [3.63, 3.8) is 0 Å². The number of benzene rings is 1. The van der Waals surface area contributed by atoms with E-state index in [9.17, 15) is 0 Å². The molecule has 1 aromatic carbocycles. The predicted molar refractivity (Wildman–Crippen MR) is 84.9 cm³/mol. The molecule has 0 atom stereocenters. The van der Waals surface area contributed by atoms with Gasteiger partial charge in [-0.3, -0.25) is 0 Å². The van der Waals surface area contributed by atoms with E-state index in [0.29, 0.717) is 23.9 Å². The summed E-state index contributed by atoms with van der Waals surface area (Å²) in [4.78, 5) is 0. The summed E-state index contributed by atoms with van der Waals surface area (Å²) in [7, 11) is 0. The minimum Gasteiger partial charge on any atom is -0.494 e. The van der Waals surface area contributed by atoms with Gasteiger partial charge in [0.2, 0.25) is 0 Å². The predicted octanol–water partition coefficient (Wildman–Crippen LogP) is 3.61. The summed E-state index contributed by atoms with van der Waals surface area (Å²) in [5.74, 6) is 0.798. The molecule has 0 radical (unpaired) electrons. The minimum absolute atomic E-state index is 0.437. The maximum Gasteiger partial charge on any atom is 0.185 e. The van der Waals surface area contributed by atoms with Crippen LogP contribution in [-0.2, 0) is 13.0 Å². The molecule has 0 saturated heterocycles. The highest BCUT2D eigenvalue weighted by Crippen LogP contribution is 2.16. The molecule has 1 heterocycles. The molecule has 0 amide bonds. The van der Waals surface area contributed by atoms with Crippen LogP contribution in [-0.4, -0.2) is 21.6 Å². The Morgan fingerprint density at radius 1 is 1.27 bits per heavy atom. The third-order valence-electron chi connectivity index (χ3n) is 3.31. The number of hydrogen-bond donors (Lipinski definition) is 0. The molecule has 2 aromatic rings. The zero-order chi connectivity index (χ0) is 15.8. The Balaban J connectivity index is 1.85. The normalized spacial score (nSPS) is 10.4. The maximum absolute atomic E-state index is 9.07. The fraction of sp³-hybridized carbons (Fsp3) is 0.438. The van der Waals surface area contributed by atoms with E-state index in [1.165, 1.54) is 0 Å². The first-order chi connectivity index (χ1) is 10.7. The summed E-state index contributed by atoms with van der Waals surface area (Å²) in [6.45, 7) is 3.40. The Labute approximate surface area is 135 Å². The van der Waals surface area contributed by atoms with Crippen molar-refractivity contribution in [3.8, 4) is 11.8 Å². The molecule has 0 unspecified atom stereocenters. The summed E-state index contributed by atoms with van der Waals surface area (Å²) in [6, 6.07) is 9.40. The largest absolute Gasteiger partial charge is 0.494 e. The van der Waals surface area contributed by atoms with Gasteiger partial charge in [-0.1, -0.05) is 30.2 Å².